The molecule has 0 radical (unpaired) electrons. The van der Waals surface area contributed by atoms with Crippen LogP contribution < -0.4 is 9.46 Å². The van der Waals surface area contributed by atoms with Gasteiger partial charge in [0.2, 0.25) is 10.0 Å². The van der Waals surface area contributed by atoms with Crippen molar-refractivity contribution in [2.45, 2.75) is 11.4 Å². The SMILES string of the molecule is COc1ccc(S(=O)(=O)NCc2ccc(Cl)cc2Cl)cc1F. The van der Waals surface area contributed by atoms with E-state index in [1.807, 2.05) is 0 Å². The molecule has 2 rings (SSSR count). The number of methoxy groups -OCH3 is 1. The molecule has 0 fully saturated rings. The van der Waals surface area contributed by atoms with Gasteiger partial charge in [-0.1, -0.05) is 29.3 Å². The summed E-state index contributed by atoms with van der Waals surface area (Å²) >= 11 is 11.7. The molecule has 0 aromatic heterocycles. The summed E-state index contributed by atoms with van der Waals surface area (Å²) in [4.78, 5) is -0.198. The molecular formula is C14H12Cl2FNO3S. The lowest BCUT2D eigenvalue weighted by Crippen LogP contribution is -2.23. The molecule has 1 N–H and O–H groups in total. The first kappa shape index (κ1) is 17.0. The van der Waals surface area contributed by atoms with Crippen LogP contribution in [0, 0.1) is 5.82 Å². The Balaban J connectivity index is 2.19. The van der Waals surface area contributed by atoms with Crippen LogP contribution in [0.5, 0.6) is 5.75 Å². The van der Waals surface area contributed by atoms with E-state index in [1.54, 1.807) is 12.1 Å². The minimum atomic E-state index is -3.87. The summed E-state index contributed by atoms with van der Waals surface area (Å²) in [7, 11) is -2.57. The molecule has 8 heteroatoms. The molecule has 118 valence electrons. The van der Waals surface area contributed by atoms with E-state index < -0.39 is 15.8 Å². The van der Waals surface area contributed by atoms with Crippen molar-refractivity contribution in [2.75, 3.05) is 7.11 Å². The van der Waals surface area contributed by atoms with Gasteiger partial charge in [-0.2, -0.15) is 0 Å². The van der Waals surface area contributed by atoms with Gasteiger partial charge in [-0.3, -0.25) is 0 Å². The van der Waals surface area contributed by atoms with Crippen LogP contribution in [0.4, 0.5) is 4.39 Å². The number of hydrogen-bond donors (Lipinski definition) is 1. The van der Waals surface area contributed by atoms with E-state index in [9.17, 15) is 12.8 Å². The quantitative estimate of drug-likeness (QED) is 0.882. The largest absolute Gasteiger partial charge is 0.494 e. The van der Waals surface area contributed by atoms with Gasteiger partial charge in [0.1, 0.15) is 0 Å². The van der Waals surface area contributed by atoms with Gasteiger partial charge in [0.25, 0.3) is 0 Å². The lowest BCUT2D eigenvalue weighted by Gasteiger charge is -2.09. The summed E-state index contributed by atoms with van der Waals surface area (Å²) in [5.41, 5.74) is 0.559. The smallest absolute Gasteiger partial charge is 0.240 e. The van der Waals surface area contributed by atoms with Crippen LogP contribution in [-0.4, -0.2) is 15.5 Å². The zero-order valence-corrected chi connectivity index (χ0v) is 13.8. The van der Waals surface area contributed by atoms with E-state index in [0.717, 1.165) is 6.07 Å². The van der Waals surface area contributed by atoms with Crippen LogP contribution in [0.25, 0.3) is 0 Å². The zero-order chi connectivity index (χ0) is 16.3. The van der Waals surface area contributed by atoms with Crippen molar-refractivity contribution in [2.24, 2.45) is 0 Å². The Morgan fingerprint density at radius 1 is 1.18 bits per heavy atom. The predicted molar refractivity (Wildman–Crippen MR) is 83.4 cm³/mol. The van der Waals surface area contributed by atoms with Crippen molar-refractivity contribution < 1.29 is 17.5 Å². The highest BCUT2D eigenvalue weighted by atomic mass is 35.5. The molecule has 2 aromatic rings. The van der Waals surface area contributed by atoms with Gasteiger partial charge in [-0.25, -0.2) is 17.5 Å². The molecule has 4 nitrogen and oxygen atoms in total. The Kier molecular flexibility index (Phi) is 5.28. The highest BCUT2D eigenvalue weighted by Gasteiger charge is 2.17. The highest BCUT2D eigenvalue weighted by Crippen LogP contribution is 2.23. The standard InChI is InChI=1S/C14H12Cl2FNO3S/c1-21-14-5-4-11(7-13(14)17)22(19,20)18-8-9-2-3-10(15)6-12(9)16/h2-7,18H,8H2,1H3. The molecule has 0 aliphatic carbocycles. The van der Waals surface area contributed by atoms with Gasteiger partial charge in [0, 0.05) is 16.6 Å². The second kappa shape index (κ2) is 6.83. The van der Waals surface area contributed by atoms with Gasteiger partial charge in [-0.15, -0.1) is 0 Å². The van der Waals surface area contributed by atoms with Crippen LogP contribution in [0.2, 0.25) is 10.0 Å². The fourth-order valence-electron chi connectivity index (χ4n) is 1.74. The molecule has 0 bridgehead atoms. The molecule has 0 atom stereocenters. The summed E-state index contributed by atoms with van der Waals surface area (Å²) in [5, 5.41) is 0.796. The number of sulfonamides is 1. The summed E-state index contributed by atoms with van der Waals surface area (Å²) in [6.07, 6.45) is 0. The van der Waals surface area contributed by atoms with Crippen LogP contribution in [-0.2, 0) is 16.6 Å². The molecule has 0 heterocycles. The number of nitrogens with one attached hydrogen (secondary N) is 1. The molecule has 0 aliphatic rings. The molecule has 2 aromatic carbocycles. The maximum atomic E-state index is 13.6. The summed E-state index contributed by atoms with van der Waals surface area (Å²) < 4.78 is 45.0. The van der Waals surface area contributed by atoms with E-state index in [-0.39, 0.29) is 17.2 Å². The first-order valence-corrected chi connectivity index (χ1v) is 8.34. The van der Waals surface area contributed by atoms with E-state index >= 15 is 0 Å². The van der Waals surface area contributed by atoms with E-state index in [4.69, 9.17) is 27.9 Å². The van der Waals surface area contributed by atoms with Crippen molar-refractivity contribution in [3.05, 3.63) is 57.8 Å². The van der Waals surface area contributed by atoms with E-state index in [0.29, 0.717) is 15.6 Å². The average molecular weight is 364 g/mol. The Labute approximate surface area is 137 Å². The third kappa shape index (κ3) is 3.89. The number of halogens is 3. The van der Waals surface area contributed by atoms with Crippen LogP contribution in [0.3, 0.4) is 0 Å². The van der Waals surface area contributed by atoms with Crippen molar-refractivity contribution in [3.8, 4) is 5.75 Å². The van der Waals surface area contributed by atoms with Crippen molar-refractivity contribution in [3.63, 3.8) is 0 Å². The van der Waals surface area contributed by atoms with Gasteiger partial charge < -0.3 is 4.74 Å². The summed E-state index contributed by atoms with van der Waals surface area (Å²) in [5.74, 6) is -0.783. The summed E-state index contributed by atoms with van der Waals surface area (Å²) in [6.45, 7) is -0.0357. The van der Waals surface area contributed by atoms with Crippen molar-refractivity contribution in [1.29, 1.82) is 0 Å². The van der Waals surface area contributed by atoms with E-state index in [1.165, 1.54) is 25.3 Å². The third-order valence-electron chi connectivity index (χ3n) is 2.90. The Hall–Kier alpha value is -1.34. The summed E-state index contributed by atoms with van der Waals surface area (Å²) in [6, 6.07) is 8.13. The second-order valence-corrected chi connectivity index (χ2v) is 6.97. The lowest BCUT2D eigenvalue weighted by atomic mass is 10.2. The fraction of sp³-hybridized carbons (Fsp3) is 0.143. The van der Waals surface area contributed by atoms with Gasteiger partial charge in [0.15, 0.2) is 11.6 Å². The number of benzene rings is 2. The van der Waals surface area contributed by atoms with Crippen LogP contribution in [0.1, 0.15) is 5.56 Å². The third-order valence-corrected chi connectivity index (χ3v) is 4.89. The van der Waals surface area contributed by atoms with Gasteiger partial charge in [0.05, 0.1) is 12.0 Å². The predicted octanol–water partition coefficient (Wildman–Crippen LogP) is 3.62. The number of ether oxygens (including phenoxy) is 1. The van der Waals surface area contributed by atoms with Crippen LogP contribution >= 0.6 is 23.2 Å². The minimum Gasteiger partial charge on any atom is -0.494 e. The Morgan fingerprint density at radius 2 is 1.91 bits per heavy atom. The Bertz CT molecular complexity index is 797. The van der Waals surface area contributed by atoms with Crippen LogP contribution in [0.15, 0.2) is 41.3 Å². The normalized spacial score (nSPS) is 11.5. The highest BCUT2D eigenvalue weighted by molar-refractivity contribution is 7.89. The molecule has 0 unspecified atom stereocenters. The topological polar surface area (TPSA) is 55.4 Å². The maximum Gasteiger partial charge on any atom is 0.240 e. The number of rotatable bonds is 5. The van der Waals surface area contributed by atoms with Gasteiger partial charge >= 0.3 is 0 Å². The average Bonchev–Trinajstić information content (AvgIpc) is 2.46. The first-order chi connectivity index (χ1) is 10.3. The zero-order valence-electron chi connectivity index (χ0n) is 11.4. The second-order valence-electron chi connectivity index (χ2n) is 4.36. The van der Waals surface area contributed by atoms with Crippen molar-refractivity contribution >= 4 is 33.2 Å². The number of hydrogen-bond acceptors (Lipinski definition) is 3. The lowest BCUT2D eigenvalue weighted by molar-refractivity contribution is 0.385. The minimum absolute atomic E-state index is 0.0281. The molecule has 0 saturated carbocycles. The molecule has 22 heavy (non-hydrogen) atoms. The van der Waals surface area contributed by atoms with Crippen molar-refractivity contribution in [1.82, 2.24) is 4.72 Å². The molecule has 0 aliphatic heterocycles. The van der Waals surface area contributed by atoms with Gasteiger partial charge in [-0.05, 0) is 35.9 Å². The molecular weight excluding hydrogens is 352 g/mol. The Morgan fingerprint density at radius 3 is 2.50 bits per heavy atom. The monoisotopic (exact) mass is 363 g/mol. The molecule has 0 spiro atoms. The molecule has 0 saturated heterocycles. The maximum absolute atomic E-state index is 13.6. The van der Waals surface area contributed by atoms with E-state index in [2.05, 4.69) is 4.72 Å². The first-order valence-electron chi connectivity index (χ1n) is 6.10. The fourth-order valence-corrected chi connectivity index (χ4v) is 3.23. The molecule has 0 amide bonds.